The van der Waals surface area contributed by atoms with E-state index in [0.717, 1.165) is 11.8 Å². The fourth-order valence-corrected chi connectivity index (χ4v) is 2.91. The van der Waals surface area contributed by atoms with Crippen molar-refractivity contribution in [2.24, 2.45) is 0 Å². The number of hydrogen-bond acceptors (Lipinski definition) is 7. The van der Waals surface area contributed by atoms with Crippen LogP contribution in [0.2, 0.25) is 0 Å². The molecular weight excluding hydrogens is 386 g/mol. The first-order valence-corrected chi connectivity index (χ1v) is 9.42. The van der Waals surface area contributed by atoms with Gasteiger partial charge in [-0.15, -0.1) is 0 Å². The number of anilines is 1. The summed E-state index contributed by atoms with van der Waals surface area (Å²) in [5.41, 5.74) is 0.841. The number of amides is 1. The van der Waals surface area contributed by atoms with E-state index in [1.807, 2.05) is 0 Å². The molecule has 0 unspecified atom stereocenters. The van der Waals surface area contributed by atoms with Gasteiger partial charge in [0, 0.05) is 18.4 Å². The van der Waals surface area contributed by atoms with Crippen LogP contribution in [0.1, 0.15) is 5.56 Å². The second-order valence-corrected chi connectivity index (χ2v) is 7.11. The lowest BCUT2D eigenvalue weighted by Gasteiger charge is -2.07. The first-order valence-electron chi connectivity index (χ1n) is 7.98. The second kappa shape index (κ2) is 7.99. The Morgan fingerprint density at radius 1 is 1.21 bits per heavy atom. The summed E-state index contributed by atoms with van der Waals surface area (Å²) in [4.78, 5) is 11.9. The molecule has 2 aromatic rings. The Bertz CT molecular complexity index is 1090. The SMILES string of the molecule is N#C/C(=C/Nc1cccc(S(=O)(=O)O)c1)C(=O)NCc1ccc2c(c1)OCO2. The van der Waals surface area contributed by atoms with Crippen molar-refractivity contribution in [1.82, 2.24) is 5.32 Å². The molecule has 0 fully saturated rings. The molecule has 0 saturated carbocycles. The maximum atomic E-state index is 12.2. The number of carbonyl (C=O) groups excluding carboxylic acids is 1. The van der Waals surface area contributed by atoms with Gasteiger partial charge in [-0.25, -0.2) is 0 Å². The minimum Gasteiger partial charge on any atom is -0.454 e. The molecule has 0 radical (unpaired) electrons. The lowest BCUT2D eigenvalue weighted by Crippen LogP contribution is -2.24. The predicted octanol–water partition coefficient (Wildman–Crippen LogP) is 1.80. The molecule has 28 heavy (non-hydrogen) atoms. The molecular formula is C18H15N3O6S. The van der Waals surface area contributed by atoms with E-state index in [0.29, 0.717) is 11.5 Å². The minimum absolute atomic E-state index is 0.150. The first-order chi connectivity index (χ1) is 13.4. The van der Waals surface area contributed by atoms with Gasteiger partial charge in [0.05, 0.1) is 4.90 Å². The average Bonchev–Trinajstić information content (AvgIpc) is 3.14. The number of nitriles is 1. The average molecular weight is 401 g/mol. The number of rotatable bonds is 6. The summed E-state index contributed by atoms with van der Waals surface area (Å²) in [6.45, 7) is 0.323. The van der Waals surface area contributed by atoms with Crippen molar-refractivity contribution in [2.45, 2.75) is 11.4 Å². The highest BCUT2D eigenvalue weighted by Crippen LogP contribution is 2.32. The van der Waals surface area contributed by atoms with Gasteiger partial charge in [0.1, 0.15) is 11.6 Å². The Morgan fingerprint density at radius 2 is 2.00 bits per heavy atom. The topological polar surface area (TPSA) is 138 Å². The highest BCUT2D eigenvalue weighted by atomic mass is 32.2. The third-order valence-electron chi connectivity index (χ3n) is 3.77. The number of fused-ring (bicyclic) bond motifs is 1. The quantitative estimate of drug-likeness (QED) is 0.378. The zero-order chi connectivity index (χ0) is 20.1. The van der Waals surface area contributed by atoms with Gasteiger partial charge in [-0.05, 0) is 35.9 Å². The lowest BCUT2D eigenvalue weighted by atomic mass is 10.2. The van der Waals surface area contributed by atoms with Crippen molar-refractivity contribution in [3.05, 3.63) is 59.8 Å². The molecule has 10 heteroatoms. The molecule has 3 rings (SSSR count). The van der Waals surface area contributed by atoms with E-state index >= 15 is 0 Å². The molecule has 0 bridgehead atoms. The van der Waals surface area contributed by atoms with E-state index in [4.69, 9.17) is 14.0 Å². The molecule has 1 heterocycles. The van der Waals surface area contributed by atoms with Gasteiger partial charge in [0.15, 0.2) is 11.5 Å². The van der Waals surface area contributed by atoms with E-state index in [2.05, 4.69) is 10.6 Å². The summed E-state index contributed by atoms with van der Waals surface area (Å²) >= 11 is 0. The number of nitrogens with one attached hydrogen (secondary N) is 2. The van der Waals surface area contributed by atoms with Crippen LogP contribution in [0.5, 0.6) is 11.5 Å². The molecule has 0 aliphatic carbocycles. The van der Waals surface area contributed by atoms with Crippen LogP contribution in [0, 0.1) is 11.3 Å². The number of hydrogen-bond donors (Lipinski definition) is 3. The lowest BCUT2D eigenvalue weighted by molar-refractivity contribution is -0.117. The Morgan fingerprint density at radius 3 is 2.75 bits per heavy atom. The summed E-state index contributed by atoms with van der Waals surface area (Å²) in [5.74, 6) is 0.603. The van der Waals surface area contributed by atoms with Crippen LogP contribution in [0.25, 0.3) is 0 Å². The minimum atomic E-state index is -4.35. The highest BCUT2D eigenvalue weighted by molar-refractivity contribution is 7.85. The van der Waals surface area contributed by atoms with Crippen molar-refractivity contribution in [1.29, 1.82) is 5.26 Å². The number of ether oxygens (including phenoxy) is 2. The second-order valence-electron chi connectivity index (χ2n) is 5.69. The normalized spacial score (nSPS) is 12.9. The van der Waals surface area contributed by atoms with Crippen LogP contribution >= 0.6 is 0 Å². The number of carbonyl (C=O) groups is 1. The smallest absolute Gasteiger partial charge is 0.294 e. The van der Waals surface area contributed by atoms with Gasteiger partial charge < -0.3 is 20.1 Å². The Hall–Kier alpha value is -3.55. The molecule has 9 nitrogen and oxygen atoms in total. The van der Waals surface area contributed by atoms with Gasteiger partial charge in [0.25, 0.3) is 16.0 Å². The van der Waals surface area contributed by atoms with E-state index in [1.54, 1.807) is 24.3 Å². The fraction of sp³-hybridized carbons (Fsp3) is 0.111. The van der Waals surface area contributed by atoms with Gasteiger partial charge in [-0.1, -0.05) is 12.1 Å². The maximum absolute atomic E-state index is 12.2. The molecule has 144 valence electrons. The number of benzene rings is 2. The third-order valence-corrected chi connectivity index (χ3v) is 4.62. The van der Waals surface area contributed by atoms with Gasteiger partial charge >= 0.3 is 0 Å². The molecule has 0 spiro atoms. The molecule has 3 N–H and O–H groups in total. The Labute approximate surface area is 160 Å². The summed E-state index contributed by atoms with van der Waals surface area (Å²) in [6.07, 6.45) is 1.15. The summed E-state index contributed by atoms with van der Waals surface area (Å²) in [6, 6.07) is 12.3. The molecule has 1 aliphatic rings. The Balaban J connectivity index is 1.64. The molecule has 1 aliphatic heterocycles. The van der Waals surface area contributed by atoms with Crippen LogP contribution in [-0.4, -0.2) is 25.7 Å². The van der Waals surface area contributed by atoms with Crippen molar-refractivity contribution < 1.29 is 27.2 Å². The predicted molar refractivity (Wildman–Crippen MR) is 98.0 cm³/mol. The van der Waals surface area contributed by atoms with Crippen molar-refractivity contribution >= 4 is 21.7 Å². The van der Waals surface area contributed by atoms with Gasteiger partial charge in [0.2, 0.25) is 6.79 Å². The molecule has 1 amide bonds. The van der Waals surface area contributed by atoms with Crippen molar-refractivity contribution in [3.8, 4) is 17.6 Å². The molecule has 2 aromatic carbocycles. The third kappa shape index (κ3) is 4.59. The monoisotopic (exact) mass is 401 g/mol. The highest BCUT2D eigenvalue weighted by Gasteiger charge is 2.14. The fourth-order valence-electron chi connectivity index (χ4n) is 2.38. The zero-order valence-corrected chi connectivity index (χ0v) is 15.2. The summed E-state index contributed by atoms with van der Waals surface area (Å²) in [5, 5.41) is 14.5. The molecule has 0 atom stereocenters. The standard InChI is InChI=1S/C18H15N3O6S/c19-8-13(10-20-14-2-1-3-15(7-14)28(23,24)25)18(22)21-9-12-4-5-16-17(6-12)27-11-26-16/h1-7,10,20H,9,11H2,(H,21,22)(H,23,24,25)/b13-10-. The summed E-state index contributed by atoms with van der Waals surface area (Å²) < 4.78 is 41.9. The first kappa shape index (κ1) is 19.2. The van der Waals surface area contributed by atoms with Crippen molar-refractivity contribution in [2.75, 3.05) is 12.1 Å². The van der Waals surface area contributed by atoms with E-state index in [-0.39, 0.29) is 29.5 Å². The molecule has 0 aromatic heterocycles. The summed E-state index contributed by atoms with van der Waals surface area (Å²) in [7, 11) is -4.35. The van der Waals surface area contributed by atoms with Crippen LogP contribution in [0.4, 0.5) is 5.69 Å². The molecule has 0 saturated heterocycles. The number of nitrogens with zero attached hydrogens (tertiary/aromatic N) is 1. The van der Waals surface area contributed by atoms with Crippen molar-refractivity contribution in [3.63, 3.8) is 0 Å². The zero-order valence-electron chi connectivity index (χ0n) is 14.4. The van der Waals surface area contributed by atoms with Crippen LogP contribution in [-0.2, 0) is 21.5 Å². The van der Waals surface area contributed by atoms with E-state index in [1.165, 1.54) is 24.3 Å². The van der Waals surface area contributed by atoms with Crippen LogP contribution in [0.15, 0.2) is 59.1 Å². The Kier molecular flexibility index (Phi) is 5.49. The van der Waals surface area contributed by atoms with E-state index < -0.39 is 16.0 Å². The van der Waals surface area contributed by atoms with E-state index in [9.17, 15) is 18.5 Å². The van der Waals surface area contributed by atoms with Gasteiger partial charge in [-0.2, -0.15) is 13.7 Å². The van der Waals surface area contributed by atoms with Crippen LogP contribution in [0.3, 0.4) is 0 Å². The maximum Gasteiger partial charge on any atom is 0.294 e. The largest absolute Gasteiger partial charge is 0.454 e. The van der Waals surface area contributed by atoms with Gasteiger partial charge in [-0.3, -0.25) is 9.35 Å². The van der Waals surface area contributed by atoms with Crippen LogP contribution < -0.4 is 20.1 Å².